The van der Waals surface area contributed by atoms with Gasteiger partial charge in [-0.1, -0.05) is 18.2 Å². The lowest BCUT2D eigenvalue weighted by atomic mass is 9.89. The van der Waals surface area contributed by atoms with Gasteiger partial charge in [-0.05, 0) is 49.4 Å². The zero-order valence-corrected chi connectivity index (χ0v) is 16.6. The van der Waals surface area contributed by atoms with E-state index < -0.39 is 0 Å². The van der Waals surface area contributed by atoms with Gasteiger partial charge in [-0.15, -0.1) is 0 Å². The molecule has 0 spiro atoms. The number of rotatable bonds is 4. The van der Waals surface area contributed by atoms with Crippen LogP contribution >= 0.6 is 0 Å². The van der Waals surface area contributed by atoms with Crippen molar-refractivity contribution in [3.63, 3.8) is 0 Å². The van der Waals surface area contributed by atoms with Crippen molar-refractivity contribution in [1.82, 2.24) is 24.6 Å². The summed E-state index contributed by atoms with van der Waals surface area (Å²) in [7, 11) is 0. The first-order valence-corrected chi connectivity index (χ1v) is 10.6. The molecule has 6 heteroatoms. The number of fused-ring (bicyclic) bond motifs is 3. The topological polar surface area (TPSA) is 66.8 Å². The maximum atomic E-state index is 13.1. The minimum absolute atomic E-state index is 0.189. The molecule has 30 heavy (non-hydrogen) atoms. The van der Waals surface area contributed by atoms with Crippen LogP contribution < -0.4 is 0 Å². The Kier molecular flexibility index (Phi) is 3.97. The summed E-state index contributed by atoms with van der Waals surface area (Å²) < 4.78 is 2.30. The summed E-state index contributed by atoms with van der Waals surface area (Å²) in [5.41, 5.74) is 3.87. The van der Waals surface area contributed by atoms with Crippen molar-refractivity contribution in [3.05, 3.63) is 72.8 Å². The van der Waals surface area contributed by atoms with Crippen LogP contribution in [0.2, 0.25) is 0 Å². The Bertz CT molecular complexity index is 1200. The molecule has 6 nitrogen and oxygen atoms in total. The molecule has 4 aromatic rings. The Hall–Kier alpha value is -3.41. The molecule has 2 aliphatic rings. The molecule has 6 rings (SSSR count). The van der Waals surface area contributed by atoms with E-state index in [0.717, 1.165) is 48.1 Å². The third kappa shape index (κ3) is 2.75. The predicted molar refractivity (Wildman–Crippen MR) is 115 cm³/mol. The SMILES string of the molecule is O=C(c1ccccc1)N1C2CCC1C(Cn1ccc3cc(-c4cn[nH]c4)ncc31)C2. The molecule has 3 aromatic heterocycles. The van der Waals surface area contributed by atoms with E-state index in [9.17, 15) is 4.79 Å². The summed E-state index contributed by atoms with van der Waals surface area (Å²) in [6.07, 6.45) is 11.1. The lowest BCUT2D eigenvalue weighted by Crippen LogP contribution is -2.37. The number of nitrogens with zero attached hydrogens (tertiary/aromatic N) is 4. The molecule has 150 valence electrons. The normalized spacial score (nSPS) is 22.8. The van der Waals surface area contributed by atoms with Crippen molar-refractivity contribution in [1.29, 1.82) is 0 Å². The second-order valence-corrected chi connectivity index (χ2v) is 8.46. The van der Waals surface area contributed by atoms with Gasteiger partial charge in [0.1, 0.15) is 0 Å². The van der Waals surface area contributed by atoms with Gasteiger partial charge >= 0.3 is 0 Å². The summed E-state index contributed by atoms with van der Waals surface area (Å²) >= 11 is 0. The molecule has 1 aromatic carbocycles. The minimum Gasteiger partial charge on any atom is -0.346 e. The number of H-pyrrole nitrogens is 1. The van der Waals surface area contributed by atoms with Gasteiger partial charge in [0.15, 0.2) is 0 Å². The van der Waals surface area contributed by atoms with Gasteiger partial charge in [0, 0.05) is 47.5 Å². The van der Waals surface area contributed by atoms with Crippen molar-refractivity contribution in [2.75, 3.05) is 0 Å². The van der Waals surface area contributed by atoms with Crippen molar-refractivity contribution in [2.45, 2.75) is 37.9 Å². The molecule has 1 amide bonds. The quantitative estimate of drug-likeness (QED) is 0.563. The Morgan fingerprint density at radius 2 is 2.03 bits per heavy atom. The van der Waals surface area contributed by atoms with E-state index in [1.807, 2.05) is 42.7 Å². The summed E-state index contributed by atoms with van der Waals surface area (Å²) in [5.74, 6) is 0.676. The van der Waals surface area contributed by atoms with E-state index in [0.29, 0.717) is 18.0 Å². The lowest BCUT2D eigenvalue weighted by Gasteiger charge is -2.25. The molecule has 1 N–H and O–H groups in total. The molecule has 3 atom stereocenters. The number of carbonyl (C=O) groups is 1. The predicted octanol–water partition coefficient (Wildman–Crippen LogP) is 4.12. The molecule has 5 heterocycles. The zero-order chi connectivity index (χ0) is 20.1. The van der Waals surface area contributed by atoms with Crippen LogP contribution in [0.5, 0.6) is 0 Å². The number of amides is 1. The van der Waals surface area contributed by atoms with Crippen LogP contribution in [0.3, 0.4) is 0 Å². The average molecular weight is 397 g/mol. The van der Waals surface area contributed by atoms with Crippen LogP contribution in [0.25, 0.3) is 22.2 Å². The van der Waals surface area contributed by atoms with Gasteiger partial charge in [0.05, 0.1) is 23.6 Å². The fourth-order valence-corrected chi connectivity index (χ4v) is 5.40. The standard InChI is InChI=1S/C24H23N5O/c30-24(16-4-2-1-3-5-16)29-20-6-7-22(29)18(10-20)15-28-9-8-17-11-21(25-14-23(17)28)19-12-26-27-13-19/h1-5,8-9,11-14,18,20,22H,6-7,10,15H2,(H,26,27). The van der Waals surface area contributed by atoms with Crippen LogP contribution in [0.4, 0.5) is 0 Å². The largest absolute Gasteiger partial charge is 0.346 e. The van der Waals surface area contributed by atoms with Crippen LogP contribution in [-0.2, 0) is 6.54 Å². The molecular weight excluding hydrogens is 374 g/mol. The molecule has 0 saturated carbocycles. The number of benzene rings is 1. The lowest BCUT2D eigenvalue weighted by molar-refractivity contribution is 0.0717. The van der Waals surface area contributed by atoms with Gasteiger partial charge in [-0.25, -0.2) is 0 Å². The highest BCUT2D eigenvalue weighted by molar-refractivity contribution is 5.95. The van der Waals surface area contributed by atoms with Gasteiger partial charge < -0.3 is 9.47 Å². The second-order valence-electron chi connectivity index (χ2n) is 8.46. The average Bonchev–Trinajstić information content (AvgIpc) is 3.58. The highest BCUT2D eigenvalue weighted by atomic mass is 16.2. The van der Waals surface area contributed by atoms with Crippen LogP contribution in [0.1, 0.15) is 29.6 Å². The van der Waals surface area contributed by atoms with Crippen LogP contribution in [0.15, 0.2) is 67.3 Å². The number of pyridine rings is 1. The van der Waals surface area contributed by atoms with E-state index in [-0.39, 0.29) is 5.91 Å². The fourth-order valence-electron chi connectivity index (χ4n) is 5.40. The van der Waals surface area contributed by atoms with E-state index in [1.165, 1.54) is 5.39 Å². The third-order valence-electron chi connectivity index (χ3n) is 6.80. The molecular formula is C24H23N5O. The summed E-state index contributed by atoms with van der Waals surface area (Å²) in [6.45, 7) is 0.927. The zero-order valence-electron chi connectivity index (χ0n) is 16.6. The number of nitrogens with one attached hydrogen (secondary N) is 1. The maximum absolute atomic E-state index is 13.1. The number of hydrogen-bond donors (Lipinski definition) is 1. The molecule has 2 aliphatic heterocycles. The number of carbonyl (C=O) groups excluding carboxylic acids is 1. The van der Waals surface area contributed by atoms with Crippen molar-refractivity contribution < 1.29 is 4.79 Å². The van der Waals surface area contributed by atoms with Gasteiger partial charge in [-0.3, -0.25) is 14.9 Å². The minimum atomic E-state index is 0.189. The monoisotopic (exact) mass is 397 g/mol. The second kappa shape index (κ2) is 6.83. The smallest absolute Gasteiger partial charge is 0.254 e. The van der Waals surface area contributed by atoms with E-state index >= 15 is 0 Å². The first kappa shape index (κ1) is 17.4. The van der Waals surface area contributed by atoms with Crippen molar-refractivity contribution >= 4 is 16.8 Å². The van der Waals surface area contributed by atoms with Crippen molar-refractivity contribution in [2.24, 2.45) is 5.92 Å². The summed E-state index contributed by atoms with van der Waals surface area (Å²) in [6, 6.07) is 14.7. The Balaban J connectivity index is 1.24. The van der Waals surface area contributed by atoms with Crippen LogP contribution in [0, 0.1) is 5.92 Å². The maximum Gasteiger partial charge on any atom is 0.254 e. The number of aromatic amines is 1. The summed E-state index contributed by atoms with van der Waals surface area (Å²) in [5, 5.41) is 8.04. The number of aromatic nitrogens is 4. The van der Waals surface area contributed by atoms with Crippen molar-refractivity contribution in [3.8, 4) is 11.3 Å². The summed E-state index contributed by atoms with van der Waals surface area (Å²) in [4.78, 5) is 19.9. The Labute approximate surface area is 174 Å². The first-order valence-electron chi connectivity index (χ1n) is 10.6. The van der Waals surface area contributed by atoms with E-state index in [2.05, 4.69) is 43.0 Å². The molecule has 2 fully saturated rings. The highest BCUT2D eigenvalue weighted by Crippen LogP contribution is 2.43. The van der Waals surface area contributed by atoms with E-state index in [4.69, 9.17) is 0 Å². The molecule has 0 radical (unpaired) electrons. The molecule has 3 unspecified atom stereocenters. The highest BCUT2D eigenvalue weighted by Gasteiger charge is 2.48. The molecule has 2 bridgehead atoms. The van der Waals surface area contributed by atoms with E-state index in [1.54, 1.807) is 6.20 Å². The van der Waals surface area contributed by atoms with Crippen LogP contribution in [-0.4, -0.2) is 42.6 Å². The van der Waals surface area contributed by atoms with Gasteiger partial charge in [0.25, 0.3) is 5.91 Å². The molecule has 2 saturated heterocycles. The Morgan fingerprint density at radius 1 is 1.13 bits per heavy atom. The van der Waals surface area contributed by atoms with Gasteiger partial charge in [-0.2, -0.15) is 5.10 Å². The molecule has 0 aliphatic carbocycles. The van der Waals surface area contributed by atoms with Gasteiger partial charge in [0.2, 0.25) is 0 Å². The fraction of sp³-hybridized carbons (Fsp3) is 0.292. The third-order valence-corrected chi connectivity index (χ3v) is 6.80. The number of hydrogen-bond acceptors (Lipinski definition) is 3. The Morgan fingerprint density at radius 3 is 2.87 bits per heavy atom. The first-order chi connectivity index (χ1) is 14.8.